The molecule has 4 amide bonds. The normalized spacial score (nSPS) is 25.0. The van der Waals surface area contributed by atoms with Crippen molar-refractivity contribution >= 4 is 29.2 Å². The van der Waals surface area contributed by atoms with Crippen LogP contribution in [0.5, 0.6) is 11.5 Å². The van der Waals surface area contributed by atoms with Gasteiger partial charge >= 0.3 is 6.03 Å². The van der Waals surface area contributed by atoms with Gasteiger partial charge in [-0.3, -0.25) is 34.8 Å². The lowest BCUT2D eigenvalue weighted by molar-refractivity contribution is -0.384. The third-order valence-electron chi connectivity index (χ3n) is 7.55. The number of amides is 4. The molecule has 1 spiro atoms. The first-order chi connectivity index (χ1) is 17.3. The second kappa shape index (κ2) is 7.92. The maximum absolute atomic E-state index is 13.6. The van der Waals surface area contributed by atoms with Crippen LogP contribution in [0.3, 0.4) is 0 Å². The summed E-state index contributed by atoms with van der Waals surface area (Å²) >= 11 is 0. The number of nitrogens with zero attached hydrogens (tertiary/aromatic N) is 4. The van der Waals surface area contributed by atoms with E-state index in [-0.39, 0.29) is 18.9 Å². The number of anilines is 1. The largest absolute Gasteiger partial charge is 0.454 e. The number of carbonyl (C=O) groups is 3. The van der Waals surface area contributed by atoms with Crippen molar-refractivity contribution in [1.82, 2.24) is 15.1 Å². The standard InChI is InChI=1S/C24H23N5O7/c1-26-22(31)24(21(30)25-23(26)32)10-15-9-16(29(33)34)3-4-17(15)28-7-6-27(12-20(24)28)11-14-2-5-18-19(8-14)36-13-35-18/h2-5,8-9,20H,6-7,10-13H2,1H3,(H,25,30,32)/t20-,24+/m0/s1. The lowest BCUT2D eigenvalue weighted by Gasteiger charge is -2.55. The van der Waals surface area contributed by atoms with Gasteiger partial charge in [0, 0.05) is 57.5 Å². The van der Waals surface area contributed by atoms with E-state index in [0.29, 0.717) is 43.2 Å². The topological polar surface area (TPSA) is 135 Å². The van der Waals surface area contributed by atoms with Crippen LogP contribution in [0.25, 0.3) is 0 Å². The molecule has 2 saturated heterocycles. The number of barbiturate groups is 1. The van der Waals surface area contributed by atoms with Crippen molar-refractivity contribution in [2.75, 3.05) is 38.4 Å². The van der Waals surface area contributed by atoms with Gasteiger partial charge in [0.15, 0.2) is 16.9 Å². The lowest BCUT2D eigenvalue weighted by Crippen LogP contribution is -2.74. The summed E-state index contributed by atoms with van der Waals surface area (Å²) in [4.78, 5) is 55.3. The molecule has 12 heteroatoms. The number of nitro benzene ring substituents is 1. The van der Waals surface area contributed by atoms with Gasteiger partial charge in [-0.1, -0.05) is 6.07 Å². The summed E-state index contributed by atoms with van der Waals surface area (Å²) in [7, 11) is 1.34. The van der Waals surface area contributed by atoms with E-state index in [0.717, 1.165) is 16.2 Å². The molecular formula is C24H23N5O7. The van der Waals surface area contributed by atoms with Gasteiger partial charge in [0.1, 0.15) is 0 Å². The van der Waals surface area contributed by atoms with E-state index in [1.807, 2.05) is 23.1 Å². The first kappa shape index (κ1) is 22.3. The Bertz CT molecular complexity index is 1330. The fourth-order valence-electron chi connectivity index (χ4n) is 5.75. The zero-order valence-electron chi connectivity index (χ0n) is 19.4. The molecule has 12 nitrogen and oxygen atoms in total. The Labute approximate surface area is 205 Å². The molecule has 0 aromatic heterocycles. The summed E-state index contributed by atoms with van der Waals surface area (Å²) in [6.07, 6.45) is -0.0364. The first-order valence-electron chi connectivity index (χ1n) is 11.6. The number of piperazine rings is 1. The number of imide groups is 2. The number of non-ortho nitro benzene ring substituents is 1. The summed E-state index contributed by atoms with van der Waals surface area (Å²) in [5.74, 6) is 0.0940. The van der Waals surface area contributed by atoms with Crippen LogP contribution >= 0.6 is 0 Å². The molecule has 2 aromatic carbocycles. The number of fused-ring (bicyclic) bond motifs is 5. The highest BCUT2D eigenvalue weighted by atomic mass is 16.7. The highest BCUT2D eigenvalue weighted by Gasteiger charge is 2.62. The van der Waals surface area contributed by atoms with Crippen LogP contribution in [0, 0.1) is 15.5 Å². The van der Waals surface area contributed by atoms with Gasteiger partial charge in [0.25, 0.3) is 5.69 Å². The summed E-state index contributed by atoms with van der Waals surface area (Å²) in [5, 5.41) is 13.7. The number of rotatable bonds is 3. The average molecular weight is 493 g/mol. The van der Waals surface area contributed by atoms with Gasteiger partial charge in [-0.2, -0.15) is 0 Å². The van der Waals surface area contributed by atoms with Crippen molar-refractivity contribution in [1.29, 1.82) is 0 Å². The highest BCUT2D eigenvalue weighted by molar-refractivity contribution is 6.20. The Kier molecular flexibility index (Phi) is 4.90. The van der Waals surface area contributed by atoms with E-state index in [2.05, 4.69) is 10.2 Å². The van der Waals surface area contributed by atoms with Crippen molar-refractivity contribution in [2.45, 2.75) is 19.0 Å². The molecule has 2 atom stereocenters. The molecule has 2 aromatic rings. The van der Waals surface area contributed by atoms with Crippen molar-refractivity contribution < 1.29 is 28.8 Å². The molecule has 0 aliphatic carbocycles. The van der Waals surface area contributed by atoms with Crippen LogP contribution in [0.1, 0.15) is 11.1 Å². The van der Waals surface area contributed by atoms with E-state index < -0.39 is 34.2 Å². The number of nitro groups is 1. The van der Waals surface area contributed by atoms with Gasteiger partial charge in [-0.15, -0.1) is 0 Å². The number of carbonyl (C=O) groups excluding carboxylic acids is 3. The fourth-order valence-corrected chi connectivity index (χ4v) is 5.75. The van der Waals surface area contributed by atoms with E-state index >= 15 is 0 Å². The summed E-state index contributed by atoms with van der Waals surface area (Å²) < 4.78 is 10.9. The van der Waals surface area contributed by atoms with Gasteiger partial charge in [0.05, 0.1) is 11.0 Å². The van der Waals surface area contributed by atoms with Crippen LogP contribution in [0.15, 0.2) is 36.4 Å². The number of ether oxygens (including phenoxy) is 2. The molecule has 0 saturated carbocycles. The maximum Gasteiger partial charge on any atom is 0.330 e. The SMILES string of the molecule is CN1C(=O)NC(=O)[C@]2(Cc3cc([N+](=O)[O-])ccc3N3CCN(Cc4ccc5c(c4)OCO5)C[C@H]32)C1=O. The minimum Gasteiger partial charge on any atom is -0.454 e. The Morgan fingerprint density at radius 1 is 1.11 bits per heavy atom. The third kappa shape index (κ3) is 3.21. The Balaban J connectivity index is 1.38. The molecule has 0 unspecified atom stereocenters. The van der Waals surface area contributed by atoms with Gasteiger partial charge in [0.2, 0.25) is 18.6 Å². The molecule has 1 N–H and O–H groups in total. The lowest BCUT2D eigenvalue weighted by atomic mass is 9.67. The van der Waals surface area contributed by atoms with Gasteiger partial charge < -0.3 is 14.4 Å². The van der Waals surface area contributed by atoms with E-state index in [1.54, 1.807) is 6.07 Å². The number of nitrogens with one attached hydrogen (secondary N) is 1. The van der Waals surface area contributed by atoms with Crippen LogP contribution in [0.4, 0.5) is 16.2 Å². The monoisotopic (exact) mass is 493 g/mol. The minimum atomic E-state index is -1.60. The Hall–Kier alpha value is -4.19. The summed E-state index contributed by atoms with van der Waals surface area (Å²) in [5.41, 5.74) is 0.588. The van der Waals surface area contributed by atoms with Gasteiger partial charge in [-0.05, 0) is 29.3 Å². The maximum atomic E-state index is 13.6. The third-order valence-corrected chi connectivity index (χ3v) is 7.55. The summed E-state index contributed by atoms with van der Waals surface area (Å²) in [6, 6.07) is 8.92. The smallest absolute Gasteiger partial charge is 0.330 e. The molecule has 2 fully saturated rings. The number of hydrogen-bond donors (Lipinski definition) is 1. The fraction of sp³-hybridized carbons (Fsp3) is 0.375. The number of benzene rings is 2. The molecule has 0 bridgehead atoms. The van der Waals surface area contributed by atoms with E-state index in [4.69, 9.17) is 9.47 Å². The predicted octanol–water partition coefficient (Wildman–Crippen LogP) is 1.26. The molecule has 186 valence electrons. The molecule has 4 aliphatic heterocycles. The average Bonchev–Trinajstić information content (AvgIpc) is 3.34. The zero-order chi connectivity index (χ0) is 25.2. The van der Waals surface area contributed by atoms with Crippen molar-refractivity contribution in [2.24, 2.45) is 5.41 Å². The quantitative estimate of drug-likeness (QED) is 0.381. The molecule has 4 heterocycles. The van der Waals surface area contributed by atoms with Crippen LogP contribution in [-0.4, -0.2) is 72.1 Å². The van der Waals surface area contributed by atoms with E-state index in [9.17, 15) is 24.5 Å². The zero-order valence-corrected chi connectivity index (χ0v) is 19.4. The molecule has 0 radical (unpaired) electrons. The molecule has 4 aliphatic rings. The predicted molar refractivity (Wildman–Crippen MR) is 125 cm³/mol. The molecular weight excluding hydrogens is 470 g/mol. The van der Waals surface area contributed by atoms with Gasteiger partial charge in [-0.25, -0.2) is 4.79 Å². The highest BCUT2D eigenvalue weighted by Crippen LogP contribution is 2.46. The van der Waals surface area contributed by atoms with Crippen molar-refractivity contribution in [3.8, 4) is 11.5 Å². The van der Waals surface area contributed by atoms with Crippen LogP contribution < -0.4 is 19.7 Å². The second-order valence-electron chi connectivity index (χ2n) is 9.47. The molecule has 36 heavy (non-hydrogen) atoms. The van der Waals surface area contributed by atoms with Crippen LogP contribution in [-0.2, 0) is 22.6 Å². The van der Waals surface area contributed by atoms with Crippen molar-refractivity contribution in [3.63, 3.8) is 0 Å². The number of hydrogen-bond acceptors (Lipinski definition) is 9. The Morgan fingerprint density at radius 2 is 1.92 bits per heavy atom. The molecule has 6 rings (SSSR count). The minimum absolute atomic E-state index is 0.0364. The number of urea groups is 1. The van der Waals surface area contributed by atoms with Crippen molar-refractivity contribution in [3.05, 3.63) is 57.6 Å². The Morgan fingerprint density at radius 3 is 2.72 bits per heavy atom. The van der Waals surface area contributed by atoms with Crippen LogP contribution in [0.2, 0.25) is 0 Å². The summed E-state index contributed by atoms with van der Waals surface area (Å²) in [6.45, 7) is 2.27. The first-order valence-corrected chi connectivity index (χ1v) is 11.6. The van der Waals surface area contributed by atoms with E-state index in [1.165, 1.54) is 19.2 Å². The second-order valence-corrected chi connectivity index (χ2v) is 9.47.